The topological polar surface area (TPSA) is 62.4 Å². The van der Waals surface area contributed by atoms with Crippen LogP contribution in [0.5, 0.6) is 0 Å². The van der Waals surface area contributed by atoms with Crippen LogP contribution in [0.25, 0.3) is 0 Å². The van der Waals surface area contributed by atoms with Gasteiger partial charge in [0.2, 0.25) is 0 Å². The van der Waals surface area contributed by atoms with Gasteiger partial charge in [0.15, 0.2) is 0 Å². The van der Waals surface area contributed by atoms with Crippen LogP contribution in [0.15, 0.2) is 0 Å². The predicted octanol–water partition coefficient (Wildman–Crippen LogP) is 0.464. The number of ether oxygens (including phenoxy) is 1. The first-order chi connectivity index (χ1) is 8.18. The Hall–Kier alpha value is -0.810. The zero-order valence-electron chi connectivity index (χ0n) is 10.6. The Bertz CT molecular complexity index is 258. The molecule has 0 aromatic carbocycles. The Kier molecular flexibility index (Phi) is 4.23. The summed E-state index contributed by atoms with van der Waals surface area (Å²) in [5, 5.41) is 9.29. The van der Waals surface area contributed by atoms with E-state index in [1.807, 2.05) is 0 Å². The van der Waals surface area contributed by atoms with Crippen LogP contribution < -0.4 is 16.0 Å². The SMILES string of the molecule is CC1(CNC(=O)NC2CCOC2)CCCNC1. The summed E-state index contributed by atoms with van der Waals surface area (Å²) in [6.45, 7) is 6.44. The van der Waals surface area contributed by atoms with Crippen molar-refractivity contribution < 1.29 is 9.53 Å². The summed E-state index contributed by atoms with van der Waals surface area (Å²) in [6, 6.07) is 0.125. The molecule has 0 aliphatic carbocycles. The lowest BCUT2D eigenvalue weighted by Crippen LogP contribution is -2.49. The van der Waals surface area contributed by atoms with Gasteiger partial charge in [-0.1, -0.05) is 6.92 Å². The second-order valence-corrected chi connectivity index (χ2v) is 5.48. The number of nitrogens with one attached hydrogen (secondary N) is 3. The van der Waals surface area contributed by atoms with Gasteiger partial charge >= 0.3 is 6.03 Å². The predicted molar refractivity (Wildman–Crippen MR) is 66.0 cm³/mol. The van der Waals surface area contributed by atoms with Crippen LogP contribution in [-0.2, 0) is 4.74 Å². The maximum atomic E-state index is 11.7. The molecular formula is C12H23N3O2. The molecule has 0 bridgehead atoms. The average Bonchev–Trinajstić information content (AvgIpc) is 2.80. The van der Waals surface area contributed by atoms with Gasteiger partial charge in [0.25, 0.3) is 0 Å². The van der Waals surface area contributed by atoms with Crippen molar-refractivity contribution in [3.05, 3.63) is 0 Å². The molecule has 2 aliphatic rings. The van der Waals surface area contributed by atoms with Gasteiger partial charge in [-0.25, -0.2) is 4.79 Å². The van der Waals surface area contributed by atoms with E-state index < -0.39 is 0 Å². The van der Waals surface area contributed by atoms with Crippen molar-refractivity contribution in [3.63, 3.8) is 0 Å². The van der Waals surface area contributed by atoms with Crippen molar-refractivity contribution in [2.24, 2.45) is 5.41 Å². The van der Waals surface area contributed by atoms with E-state index in [4.69, 9.17) is 4.74 Å². The van der Waals surface area contributed by atoms with Gasteiger partial charge in [0.1, 0.15) is 0 Å². The third-order valence-corrected chi connectivity index (χ3v) is 3.63. The molecule has 2 amide bonds. The molecule has 2 atom stereocenters. The number of urea groups is 1. The number of piperidine rings is 1. The van der Waals surface area contributed by atoms with Gasteiger partial charge in [-0.15, -0.1) is 0 Å². The summed E-state index contributed by atoms with van der Waals surface area (Å²) in [5.41, 5.74) is 0.196. The number of carbonyl (C=O) groups excluding carboxylic acids is 1. The van der Waals surface area contributed by atoms with Gasteiger partial charge in [-0.3, -0.25) is 0 Å². The van der Waals surface area contributed by atoms with Crippen molar-refractivity contribution in [2.45, 2.75) is 32.2 Å². The Labute approximate surface area is 103 Å². The van der Waals surface area contributed by atoms with E-state index in [-0.39, 0.29) is 17.5 Å². The molecule has 3 N–H and O–H groups in total. The molecule has 0 radical (unpaired) electrons. The molecule has 2 unspecified atom stereocenters. The summed E-state index contributed by atoms with van der Waals surface area (Å²) >= 11 is 0. The maximum Gasteiger partial charge on any atom is 0.315 e. The second kappa shape index (κ2) is 5.69. The minimum absolute atomic E-state index is 0.0627. The highest BCUT2D eigenvalue weighted by Gasteiger charge is 2.27. The molecule has 0 aromatic heterocycles. The lowest BCUT2D eigenvalue weighted by atomic mass is 9.83. The van der Waals surface area contributed by atoms with Crippen molar-refractivity contribution in [1.82, 2.24) is 16.0 Å². The quantitative estimate of drug-likeness (QED) is 0.673. The molecule has 98 valence electrons. The molecule has 17 heavy (non-hydrogen) atoms. The van der Waals surface area contributed by atoms with E-state index in [2.05, 4.69) is 22.9 Å². The number of hydrogen-bond acceptors (Lipinski definition) is 3. The van der Waals surface area contributed by atoms with E-state index in [1.165, 1.54) is 12.8 Å². The molecule has 5 nitrogen and oxygen atoms in total. The monoisotopic (exact) mass is 241 g/mol. The van der Waals surface area contributed by atoms with Crippen LogP contribution in [-0.4, -0.2) is 44.9 Å². The first-order valence-corrected chi connectivity index (χ1v) is 6.51. The van der Waals surface area contributed by atoms with Crippen LogP contribution in [0.2, 0.25) is 0 Å². The number of amides is 2. The molecule has 2 aliphatic heterocycles. The number of carbonyl (C=O) groups is 1. The lowest BCUT2D eigenvalue weighted by molar-refractivity contribution is 0.186. The molecule has 0 aromatic rings. The van der Waals surface area contributed by atoms with Crippen molar-refractivity contribution in [1.29, 1.82) is 0 Å². The number of rotatable bonds is 3. The summed E-state index contributed by atoms with van der Waals surface area (Å²) in [7, 11) is 0. The molecule has 0 spiro atoms. The lowest BCUT2D eigenvalue weighted by Gasteiger charge is -2.34. The Balaban J connectivity index is 1.67. The Morgan fingerprint density at radius 3 is 3.12 bits per heavy atom. The fourth-order valence-corrected chi connectivity index (χ4v) is 2.45. The highest BCUT2D eigenvalue weighted by molar-refractivity contribution is 5.74. The fourth-order valence-electron chi connectivity index (χ4n) is 2.45. The van der Waals surface area contributed by atoms with E-state index in [9.17, 15) is 4.79 Å². The highest BCUT2D eigenvalue weighted by Crippen LogP contribution is 2.23. The molecular weight excluding hydrogens is 218 g/mol. The first-order valence-electron chi connectivity index (χ1n) is 6.51. The Morgan fingerprint density at radius 2 is 2.47 bits per heavy atom. The molecule has 2 heterocycles. The summed E-state index contributed by atoms with van der Waals surface area (Å²) in [6.07, 6.45) is 3.29. The molecule has 0 saturated carbocycles. The second-order valence-electron chi connectivity index (χ2n) is 5.48. The van der Waals surface area contributed by atoms with E-state index in [0.717, 1.165) is 32.7 Å². The zero-order chi connectivity index (χ0) is 12.1. The van der Waals surface area contributed by atoms with Crippen LogP contribution >= 0.6 is 0 Å². The van der Waals surface area contributed by atoms with Crippen molar-refractivity contribution in [3.8, 4) is 0 Å². The van der Waals surface area contributed by atoms with Gasteiger partial charge in [-0.05, 0) is 31.2 Å². The summed E-state index contributed by atoms with van der Waals surface area (Å²) < 4.78 is 5.22. The first kappa shape index (κ1) is 12.6. The molecule has 5 heteroatoms. The van der Waals surface area contributed by atoms with Crippen LogP contribution in [0.3, 0.4) is 0 Å². The van der Waals surface area contributed by atoms with Gasteiger partial charge in [0.05, 0.1) is 12.6 Å². The Morgan fingerprint density at radius 1 is 1.59 bits per heavy atom. The molecule has 2 fully saturated rings. The summed E-state index contributed by atoms with van der Waals surface area (Å²) in [5.74, 6) is 0. The van der Waals surface area contributed by atoms with Crippen LogP contribution in [0.1, 0.15) is 26.2 Å². The van der Waals surface area contributed by atoms with Crippen LogP contribution in [0, 0.1) is 5.41 Å². The average molecular weight is 241 g/mol. The smallest absolute Gasteiger partial charge is 0.315 e. The van der Waals surface area contributed by atoms with Crippen molar-refractivity contribution >= 4 is 6.03 Å². The van der Waals surface area contributed by atoms with Gasteiger partial charge in [-0.2, -0.15) is 0 Å². The van der Waals surface area contributed by atoms with E-state index >= 15 is 0 Å². The minimum Gasteiger partial charge on any atom is -0.379 e. The third-order valence-electron chi connectivity index (χ3n) is 3.63. The van der Waals surface area contributed by atoms with Crippen molar-refractivity contribution in [2.75, 3.05) is 32.8 Å². The number of hydrogen-bond donors (Lipinski definition) is 3. The fraction of sp³-hybridized carbons (Fsp3) is 0.917. The standard InChI is InChI=1S/C12H23N3O2/c1-12(4-2-5-13-8-12)9-14-11(16)15-10-3-6-17-7-10/h10,13H,2-9H2,1H3,(H2,14,15,16). The molecule has 2 rings (SSSR count). The maximum absolute atomic E-state index is 11.7. The highest BCUT2D eigenvalue weighted by atomic mass is 16.5. The molecule has 2 saturated heterocycles. The summed E-state index contributed by atoms with van der Waals surface area (Å²) in [4.78, 5) is 11.7. The van der Waals surface area contributed by atoms with Gasteiger partial charge in [0, 0.05) is 19.7 Å². The van der Waals surface area contributed by atoms with E-state index in [1.54, 1.807) is 0 Å². The van der Waals surface area contributed by atoms with Gasteiger partial charge < -0.3 is 20.7 Å². The largest absolute Gasteiger partial charge is 0.379 e. The minimum atomic E-state index is -0.0627. The van der Waals surface area contributed by atoms with E-state index in [0.29, 0.717) is 6.61 Å². The normalized spacial score (nSPS) is 33.4. The zero-order valence-corrected chi connectivity index (χ0v) is 10.6. The van der Waals surface area contributed by atoms with Crippen LogP contribution in [0.4, 0.5) is 4.79 Å². The third kappa shape index (κ3) is 3.85.